The Morgan fingerprint density at radius 3 is 1.81 bits per heavy atom. The van der Waals surface area contributed by atoms with E-state index < -0.39 is 48.9 Å². The lowest BCUT2D eigenvalue weighted by Gasteiger charge is -2.47. The zero-order valence-corrected chi connectivity index (χ0v) is 19.6. The number of fused-ring (bicyclic) bond motifs is 1. The molecule has 2 aliphatic rings. The van der Waals surface area contributed by atoms with E-state index in [0.717, 1.165) is 5.56 Å². The molecule has 3 aromatic rings. The van der Waals surface area contributed by atoms with Crippen LogP contribution in [0.5, 0.6) is 0 Å². The van der Waals surface area contributed by atoms with Crippen molar-refractivity contribution in [1.82, 2.24) is 0 Å². The summed E-state index contributed by atoms with van der Waals surface area (Å²) in [5, 5.41) is 0. The quantitative estimate of drug-likeness (QED) is 0.481. The van der Waals surface area contributed by atoms with E-state index in [1.165, 1.54) is 7.11 Å². The fraction of sp³-hybridized carbons (Fsp3) is 0.286. The molecule has 5 rings (SSSR count). The van der Waals surface area contributed by atoms with Crippen LogP contribution in [0.25, 0.3) is 0 Å². The molecular formula is C28H26O8. The lowest BCUT2D eigenvalue weighted by atomic mass is 9.97. The predicted molar refractivity (Wildman–Crippen MR) is 127 cm³/mol. The second-order valence-corrected chi connectivity index (χ2v) is 8.43. The molecule has 2 fully saturated rings. The van der Waals surface area contributed by atoms with E-state index in [1.54, 1.807) is 60.7 Å². The number of hydrogen-bond donors (Lipinski definition) is 0. The largest absolute Gasteiger partial charge is 0.452 e. The van der Waals surface area contributed by atoms with Crippen molar-refractivity contribution >= 4 is 11.9 Å². The number of carbonyl (C=O) groups excluding carboxylic acids is 2. The molecule has 36 heavy (non-hydrogen) atoms. The van der Waals surface area contributed by atoms with Crippen LogP contribution < -0.4 is 0 Å². The molecule has 0 bridgehead atoms. The Balaban J connectivity index is 1.46. The Kier molecular flexibility index (Phi) is 7.39. The Morgan fingerprint density at radius 1 is 0.722 bits per heavy atom. The minimum absolute atomic E-state index is 0.169. The highest BCUT2D eigenvalue weighted by molar-refractivity contribution is 5.90. The summed E-state index contributed by atoms with van der Waals surface area (Å²) < 4.78 is 35.5. The van der Waals surface area contributed by atoms with Crippen LogP contribution in [-0.4, -0.2) is 56.4 Å². The van der Waals surface area contributed by atoms with Gasteiger partial charge in [0.1, 0.15) is 12.2 Å². The predicted octanol–water partition coefficient (Wildman–Crippen LogP) is 3.92. The van der Waals surface area contributed by atoms with Crippen molar-refractivity contribution in [3.63, 3.8) is 0 Å². The van der Waals surface area contributed by atoms with Crippen molar-refractivity contribution in [2.75, 3.05) is 13.7 Å². The first-order chi connectivity index (χ1) is 17.6. The molecule has 3 aromatic carbocycles. The molecule has 8 heteroatoms. The summed E-state index contributed by atoms with van der Waals surface area (Å²) in [7, 11) is 1.43. The van der Waals surface area contributed by atoms with Gasteiger partial charge in [-0.15, -0.1) is 0 Å². The van der Waals surface area contributed by atoms with E-state index in [-0.39, 0.29) is 6.61 Å². The van der Waals surface area contributed by atoms with Gasteiger partial charge < -0.3 is 28.4 Å². The molecule has 6 atom stereocenters. The monoisotopic (exact) mass is 490 g/mol. The van der Waals surface area contributed by atoms with E-state index in [4.69, 9.17) is 28.4 Å². The molecule has 2 aliphatic heterocycles. The summed E-state index contributed by atoms with van der Waals surface area (Å²) in [6.07, 6.45) is -5.23. The van der Waals surface area contributed by atoms with Crippen molar-refractivity contribution < 1.29 is 38.0 Å². The molecule has 8 nitrogen and oxygen atoms in total. The molecule has 0 spiro atoms. The molecule has 0 amide bonds. The van der Waals surface area contributed by atoms with E-state index in [2.05, 4.69) is 0 Å². The average molecular weight is 491 g/mol. The summed E-state index contributed by atoms with van der Waals surface area (Å²) in [6, 6.07) is 26.5. The van der Waals surface area contributed by atoms with Crippen LogP contribution in [0.1, 0.15) is 32.6 Å². The van der Waals surface area contributed by atoms with Gasteiger partial charge in [-0.25, -0.2) is 9.59 Å². The summed E-state index contributed by atoms with van der Waals surface area (Å²) in [4.78, 5) is 26.1. The highest BCUT2D eigenvalue weighted by Gasteiger charge is 2.54. The molecular weight excluding hydrogens is 464 g/mol. The number of esters is 2. The fourth-order valence-electron chi connectivity index (χ4n) is 4.31. The minimum atomic E-state index is -1.09. The van der Waals surface area contributed by atoms with Crippen molar-refractivity contribution in [1.29, 1.82) is 0 Å². The normalized spacial score (nSPS) is 27.5. The number of methoxy groups -OCH3 is 1. The Bertz CT molecular complexity index is 1150. The van der Waals surface area contributed by atoms with E-state index in [9.17, 15) is 9.59 Å². The van der Waals surface area contributed by atoms with E-state index in [1.807, 2.05) is 30.3 Å². The van der Waals surface area contributed by atoms with Crippen LogP contribution in [0.3, 0.4) is 0 Å². The highest BCUT2D eigenvalue weighted by Crippen LogP contribution is 2.37. The summed E-state index contributed by atoms with van der Waals surface area (Å²) in [5.41, 5.74) is 1.50. The van der Waals surface area contributed by atoms with Crippen LogP contribution in [0.15, 0.2) is 91.0 Å². The molecule has 2 saturated heterocycles. The molecule has 2 heterocycles. The van der Waals surface area contributed by atoms with Gasteiger partial charge in [0.2, 0.25) is 0 Å². The van der Waals surface area contributed by atoms with E-state index in [0.29, 0.717) is 11.1 Å². The van der Waals surface area contributed by atoms with Crippen LogP contribution in [0, 0.1) is 0 Å². The summed E-state index contributed by atoms with van der Waals surface area (Å²) in [6.45, 7) is 0.169. The van der Waals surface area contributed by atoms with Gasteiger partial charge in [0, 0.05) is 12.7 Å². The molecule has 0 aromatic heterocycles. The van der Waals surface area contributed by atoms with Gasteiger partial charge in [0.15, 0.2) is 24.8 Å². The molecule has 0 aliphatic carbocycles. The van der Waals surface area contributed by atoms with Crippen LogP contribution in [-0.2, 0) is 28.4 Å². The lowest BCUT2D eigenvalue weighted by Crippen LogP contribution is -2.64. The van der Waals surface area contributed by atoms with Gasteiger partial charge in [-0.05, 0) is 24.3 Å². The third kappa shape index (κ3) is 5.17. The van der Waals surface area contributed by atoms with Crippen molar-refractivity contribution in [3.05, 3.63) is 108 Å². The van der Waals surface area contributed by atoms with Crippen LogP contribution >= 0.6 is 0 Å². The van der Waals surface area contributed by atoms with Crippen LogP contribution in [0.4, 0.5) is 0 Å². The minimum Gasteiger partial charge on any atom is -0.452 e. The van der Waals surface area contributed by atoms with Gasteiger partial charge in [-0.1, -0.05) is 66.7 Å². The molecule has 0 saturated carbocycles. The number of rotatable bonds is 6. The Hall–Kier alpha value is -3.56. The SMILES string of the molecule is CO[C@@H]1O[C@@H]2CO[C@H](c3ccccc3)O[C@H]2[C@H](OC(=O)c2ccccc2)[C@H]1OC(=O)c1ccccc1. The maximum Gasteiger partial charge on any atom is 0.338 e. The third-order valence-corrected chi connectivity index (χ3v) is 6.09. The number of ether oxygens (including phenoxy) is 6. The van der Waals surface area contributed by atoms with Gasteiger partial charge in [-0.3, -0.25) is 0 Å². The first-order valence-corrected chi connectivity index (χ1v) is 11.7. The Morgan fingerprint density at radius 2 is 1.25 bits per heavy atom. The van der Waals surface area contributed by atoms with Crippen molar-refractivity contribution in [2.24, 2.45) is 0 Å². The second-order valence-electron chi connectivity index (χ2n) is 8.43. The molecule has 0 unspecified atom stereocenters. The summed E-state index contributed by atoms with van der Waals surface area (Å²) in [5.74, 6) is -1.18. The molecule has 0 N–H and O–H groups in total. The lowest BCUT2D eigenvalue weighted by molar-refractivity contribution is -0.356. The maximum absolute atomic E-state index is 13.1. The summed E-state index contributed by atoms with van der Waals surface area (Å²) >= 11 is 0. The number of benzene rings is 3. The van der Waals surface area contributed by atoms with Gasteiger partial charge in [0.25, 0.3) is 0 Å². The van der Waals surface area contributed by atoms with Gasteiger partial charge in [-0.2, -0.15) is 0 Å². The fourth-order valence-corrected chi connectivity index (χ4v) is 4.31. The zero-order valence-electron chi connectivity index (χ0n) is 19.6. The maximum atomic E-state index is 13.1. The Labute approximate surface area is 208 Å². The second kappa shape index (κ2) is 11.0. The van der Waals surface area contributed by atoms with Gasteiger partial charge >= 0.3 is 11.9 Å². The number of hydrogen-bond acceptors (Lipinski definition) is 8. The smallest absolute Gasteiger partial charge is 0.338 e. The van der Waals surface area contributed by atoms with E-state index >= 15 is 0 Å². The standard InChI is InChI=1S/C28H26O8/c1-31-28-24(35-26(30)19-13-7-3-8-14-19)23(34-25(29)18-11-5-2-6-12-18)22-21(33-28)17-32-27(36-22)20-15-9-4-10-16-20/h2-16,21-24,27-28H,17H2,1H3/t21-,22-,23+,24-,27+,28-/m1/s1. The van der Waals surface area contributed by atoms with Crippen LogP contribution in [0.2, 0.25) is 0 Å². The first-order valence-electron chi connectivity index (χ1n) is 11.7. The number of carbonyl (C=O) groups is 2. The van der Waals surface area contributed by atoms with Crippen molar-refractivity contribution in [2.45, 2.75) is 37.0 Å². The highest BCUT2D eigenvalue weighted by atomic mass is 16.8. The van der Waals surface area contributed by atoms with Gasteiger partial charge in [0.05, 0.1) is 17.7 Å². The topological polar surface area (TPSA) is 89.5 Å². The molecule has 186 valence electrons. The molecule has 0 radical (unpaired) electrons. The van der Waals surface area contributed by atoms with Crippen molar-refractivity contribution in [3.8, 4) is 0 Å². The first kappa shape index (κ1) is 24.1. The third-order valence-electron chi connectivity index (χ3n) is 6.09. The zero-order chi connectivity index (χ0) is 24.9. The average Bonchev–Trinajstić information content (AvgIpc) is 2.95.